The van der Waals surface area contributed by atoms with E-state index in [-0.39, 0.29) is 48.9 Å². The van der Waals surface area contributed by atoms with Crippen LogP contribution in [0.3, 0.4) is 0 Å². The van der Waals surface area contributed by atoms with Crippen LogP contribution in [0.1, 0.15) is 55.6 Å². The maximum atomic E-state index is 13.2. The van der Waals surface area contributed by atoms with E-state index in [0.717, 1.165) is 36.8 Å². The van der Waals surface area contributed by atoms with Gasteiger partial charge in [-0.25, -0.2) is 4.79 Å². The van der Waals surface area contributed by atoms with Crippen molar-refractivity contribution in [2.24, 2.45) is 11.8 Å². The second-order valence-corrected chi connectivity index (χ2v) is 10.4. The lowest BCUT2D eigenvalue weighted by molar-refractivity contribution is -0.143. The fraction of sp³-hybridized carbons (Fsp3) is 0.464. The van der Waals surface area contributed by atoms with Gasteiger partial charge in [0, 0.05) is 30.5 Å². The van der Waals surface area contributed by atoms with Crippen LogP contribution in [-0.2, 0) is 14.3 Å². The van der Waals surface area contributed by atoms with E-state index in [2.05, 4.69) is 29.6 Å². The van der Waals surface area contributed by atoms with Gasteiger partial charge in [-0.1, -0.05) is 48.5 Å². The lowest BCUT2D eigenvalue weighted by atomic mass is 9.89. The number of alkyl carbamates (subject to hydrolysis) is 1. The average molecular weight is 475 g/mol. The van der Waals surface area contributed by atoms with Crippen molar-refractivity contribution in [1.29, 1.82) is 0 Å². The Balaban J connectivity index is 1.09. The summed E-state index contributed by atoms with van der Waals surface area (Å²) in [4.78, 5) is 39.4. The molecule has 4 unspecified atom stereocenters. The molecule has 2 amide bonds. The molecule has 0 radical (unpaired) electrons. The Hall–Kier alpha value is -3.35. The molecular weight excluding hydrogens is 444 g/mol. The largest absolute Gasteiger partial charge is 0.481 e. The van der Waals surface area contributed by atoms with Crippen molar-refractivity contribution in [2.75, 3.05) is 6.61 Å². The van der Waals surface area contributed by atoms with Gasteiger partial charge >= 0.3 is 12.1 Å². The lowest BCUT2D eigenvalue weighted by Gasteiger charge is -2.26. The van der Waals surface area contributed by atoms with Gasteiger partial charge in [0.25, 0.3) is 0 Å². The zero-order valence-electron chi connectivity index (χ0n) is 19.6. The molecule has 2 aromatic rings. The molecule has 2 saturated heterocycles. The first-order chi connectivity index (χ1) is 17.0. The topological polar surface area (TPSA) is 95.9 Å². The fourth-order valence-corrected chi connectivity index (χ4v) is 6.56. The van der Waals surface area contributed by atoms with Crippen LogP contribution in [0.4, 0.5) is 4.79 Å². The second-order valence-electron chi connectivity index (χ2n) is 10.4. The maximum absolute atomic E-state index is 13.2. The molecule has 2 aliphatic heterocycles. The zero-order chi connectivity index (χ0) is 24.1. The number of carbonyl (C=O) groups is 3. The van der Waals surface area contributed by atoms with Crippen LogP contribution in [0.15, 0.2) is 48.5 Å². The highest BCUT2D eigenvalue weighted by Gasteiger charge is 2.51. The number of hydrogen-bond donors (Lipinski definition) is 2. The lowest BCUT2D eigenvalue weighted by Crippen LogP contribution is -2.44. The molecule has 2 heterocycles. The first-order valence-electron chi connectivity index (χ1n) is 12.7. The molecule has 2 aliphatic carbocycles. The molecule has 4 atom stereocenters. The van der Waals surface area contributed by atoms with Crippen molar-refractivity contribution < 1.29 is 24.2 Å². The predicted octanol–water partition coefficient (Wildman–Crippen LogP) is 4.16. The molecular formula is C28H30N2O5. The SMILES string of the molecule is O=C(NC(CC(=O)N1C2CCC1C(C(=O)O)C2)C1CC1)OCC1c2ccccc2-c2ccccc21. The van der Waals surface area contributed by atoms with Crippen LogP contribution < -0.4 is 5.32 Å². The van der Waals surface area contributed by atoms with Crippen LogP contribution >= 0.6 is 0 Å². The zero-order valence-corrected chi connectivity index (χ0v) is 19.6. The summed E-state index contributed by atoms with van der Waals surface area (Å²) in [6.45, 7) is 0.238. The molecule has 1 saturated carbocycles. The van der Waals surface area contributed by atoms with E-state index in [4.69, 9.17) is 4.74 Å². The number of nitrogens with one attached hydrogen (secondary N) is 1. The van der Waals surface area contributed by atoms with E-state index in [9.17, 15) is 19.5 Å². The van der Waals surface area contributed by atoms with E-state index >= 15 is 0 Å². The summed E-state index contributed by atoms with van der Waals surface area (Å²) in [6.07, 6.45) is 3.83. The normalized spacial score (nSPS) is 25.1. The number of rotatable bonds is 7. The van der Waals surface area contributed by atoms with Crippen LogP contribution in [0.5, 0.6) is 0 Å². The number of amides is 2. The summed E-state index contributed by atoms with van der Waals surface area (Å²) in [5.74, 6) is -1.06. The first kappa shape index (κ1) is 22.1. The molecule has 35 heavy (non-hydrogen) atoms. The van der Waals surface area contributed by atoms with Gasteiger partial charge in [0.05, 0.1) is 5.92 Å². The van der Waals surface area contributed by atoms with Crippen molar-refractivity contribution in [3.63, 3.8) is 0 Å². The molecule has 2 bridgehead atoms. The molecule has 182 valence electrons. The van der Waals surface area contributed by atoms with Crippen LogP contribution in [-0.4, -0.2) is 52.7 Å². The third kappa shape index (κ3) is 3.97. The van der Waals surface area contributed by atoms with Crippen LogP contribution in [0, 0.1) is 11.8 Å². The van der Waals surface area contributed by atoms with E-state index in [1.165, 1.54) is 11.1 Å². The molecule has 7 heteroatoms. The Morgan fingerprint density at radius 3 is 2.23 bits per heavy atom. The molecule has 4 aliphatic rings. The number of carbonyl (C=O) groups excluding carboxylic acids is 2. The van der Waals surface area contributed by atoms with Gasteiger partial charge in [-0.2, -0.15) is 0 Å². The third-order valence-electron chi connectivity index (χ3n) is 8.37. The number of fused-ring (bicyclic) bond motifs is 5. The minimum absolute atomic E-state index is 0.0117. The number of carboxylic acids is 1. The molecule has 2 aromatic carbocycles. The Morgan fingerprint density at radius 1 is 0.971 bits per heavy atom. The van der Waals surface area contributed by atoms with Crippen molar-refractivity contribution in [3.8, 4) is 11.1 Å². The summed E-state index contributed by atoms with van der Waals surface area (Å²) in [7, 11) is 0. The van der Waals surface area contributed by atoms with Gasteiger partial charge in [-0.3, -0.25) is 9.59 Å². The number of benzene rings is 2. The van der Waals surface area contributed by atoms with E-state index in [1.54, 1.807) is 4.90 Å². The molecule has 0 spiro atoms. The van der Waals surface area contributed by atoms with Crippen molar-refractivity contribution in [1.82, 2.24) is 10.2 Å². The van der Waals surface area contributed by atoms with Gasteiger partial charge in [0.2, 0.25) is 5.91 Å². The van der Waals surface area contributed by atoms with Gasteiger partial charge in [0.1, 0.15) is 6.61 Å². The summed E-state index contributed by atoms with van der Waals surface area (Å²) < 4.78 is 5.71. The van der Waals surface area contributed by atoms with Crippen molar-refractivity contribution in [3.05, 3.63) is 59.7 Å². The summed E-state index contributed by atoms with van der Waals surface area (Å²) in [6, 6.07) is 16.0. The van der Waals surface area contributed by atoms with E-state index in [0.29, 0.717) is 6.42 Å². The standard InChI is InChI=1S/C28H30N2O5/c31-26(30-17-11-12-25(30)22(13-17)27(32)33)14-24(16-9-10-16)29-28(34)35-15-23-20-7-3-1-5-18(20)19-6-2-4-8-21(19)23/h1-8,16-17,22-25H,9-15H2,(H,29,34)(H,32,33). The number of ether oxygens (including phenoxy) is 1. The summed E-state index contributed by atoms with van der Waals surface area (Å²) in [5.41, 5.74) is 4.68. The highest BCUT2D eigenvalue weighted by molar-refractivity contribution is 5.82. The Kier molecular flexibility index (Phi) is 5.50. The number of hydrogen-bond acceptors (Lipinski definition) is 4. The van der Waals surface area contributed by atoms with Gasteiger partial charge in [0.15, 0.2) is 0 Å². The average Bonchev–Trinajstić information content (AvgIpc) is 3.43. The maximum Gasteiger partial charge on any atom is 0.407 e. The Bertz CT molecular complexity index is 1130. The Labute approximate surface area is 204 Å². The first-order valence-corrected chi connectivity index (χ1v) is 12.7. The van der Waals surface area contributed by atoms with Crippen molar-refractivity contribution >= 4 is 18.0 Å². The third-order valence-corrected chi connectivity index (χ3v) is 8.37. The van der Waals surface area contributed by atoms with E-state index < -0.39 is 18.0 Å². The van der Waals surface area contributed by atoms with Gasteiger partial charge < -0.3 is 20.1 Å². The number of aliphatic carboxylic acids is 1. The van der Waals surface area contributed by atoms with Crippen LogP contribution in [0.25, 0.3) is 11.1 Å². The predicted molar refractivity (Wildman–Crippen MR) is 129 cm³/mol. The fourth-order valence-electron chi connectivity index (χ4n) is 6.56. The molecule has 3 fully saturated rings. The second kappa shape index (κ2) is 8.70. The highest BCUT2D eigenvalue weighted by Crippen LogP contribution is 2.45. The summed E-state index contributed by atoms with van der Waals surface area (Å²) >= 11 is 0. The van der Waals surface area contributed by atoms with Crippen molar-refractivity contribution in [2.45, 2.75) is 62.6 Å². The molecule has 6 rings (SSSR count). The molecule has 2 N–H and O–H groups in total. The smallest absolute Gasteiger partial charge is 0.407 e. The number of nitrogens with zero attached hydrogens (tertiary/aromatic N) is 1. The van der Waals surface area contributed by atoms with Crippen LogP contribution in [0.2, 0.25) is 0 Å². The minimum Gasteiger partial charge on any atom is -0.481 e. The quantitative estimate of drug-likeness (QED) is 0.628. The minimum atomic E-state index is -0.814. The monoisotopic (exact) mass is 474 g/mol. The highest BCUT2D eigenvalue weighted by atomic mass is 16.5. The summed E-state index contributed by atoms with van der Waals surface area (Å²) in [5, 5.41) is 12.5. The molecule has 0 aromatic heterocycles. The van der Waals surface area contributed by atoms with Gasteiger partial charge in [-0.05, 0) is 60.3 Å². The van der Waals surface area contributed by atoms with Gasteiger partial charge in [-0.15, -0.1) is 0 Å². The molecule has 7 nitrogen and oxygen atoms in total. The van der Waals surface area contributed by atoms with E-state index in [1.807, 2.05) is 24.3 Å². The number of carboxylic acid groups (broad SMARTS) is 1. The Morgan fingerprint density at radius 2 is 1.63 bits per heavy atom.